The van der Waals surface area contributed by atoms with Gasteiger partial charge in [-0.15, -0.1) is 0 Å². The van der Waals surface area contributed by atoms with Crippen molar-refractivity contribution in [1.82, 2.24) is 10.2 Å². The van der Waals surface area contributed by atoms with Gasteiger partial charge in [0.05, 0.1) is 0 Å². The highest BCUT2D eigenvalue weighted by Crippen LogP contribution is 2.16. The van der Waals surface area contributed by atoms with E-state index in [2.05, 4.69) is 38.4 Å². The lowest BCUT2D eigenvalue weighted by atomic mass is 10.2. The average molecular weight is 338 g/mol. The van der Waals surface area contributed by atoms with Crippen LogP contribution in [0.25, 0.3) is 0 Å². The molecule has 5 nitrogen and oxygen atoms in total. The number of ether oxygens (including phenoxy) is 1. The molecule has 6 heteroatoms. The molecule has 0 saturated heterocycles. The van der Waals surface area contributed by atoms with Crippen LogP contribution in [-0.2, 0) is 11.2 Å². The molecule has 0 aliphatic rings. The molecule has 0 bridgehead atoms. The molecule has 0 radical (unpaired) electrons. The molecule has 2 N–H and O–H groups in total. The minimum atomic E-state index is -0.234. The third kappa shape index (κ3) is 4.38. The number of halogens is 1. The van der Waals surface area contributed by atoms with Gasteiger partial charge in [-0.05, 0) is 30.7 Å². The van der Waals surface area contributed by atoms with Crippen molar-refractivity contribution in [2.45, 2.75) is 19.8 Å². The van der Waals surface area contributed by atoms with Crippen LogP contribution in [0, 0.1) is 0 Å². The Labute approximate surface area is 125 Å². The van der Waals surface area contributed by atoms with Gasteiger partial charge in [0, 0.05) is 16.2 Å². The second-order valence-electron chi connectivity index (χ2n) is 4.32. The molecule has 2 aromatic rings. The lowest BCUT2D eigenvalue weighted by molar-refractivity contribution is -0.118. The van der Waals surface area contributed by atoms with Crippen molar-refractivity contribution >= 4 is 27.7 Å². The van der Waals surface area contributed by atoms with Gasteiger partial charge >= 0.3 is 0 Å². The summed E-state index contributed by atoms with van der Waals surface area (Å²) in [4.78, 5) is 11.7. The number of anilines is 1. The zero-order valence-corrected chi connectivity index (χ0v) is 12.7. The second-order valence-corrected chi connectivity index (χ2v) is 5.23. The number of hydrogen-bond acceptors (Lipinski definition) is 3. The number of rotatable bonds is 6. The van der Waals surface area contributed by atoms with E-state index in [-0.39, 0.29) is 12.5 Å². The van der Waals surface area contributed by atoms with E-state index in [0.29, 0.717) is 11.6 Å². The standard InChI is InChI=1S/C14H16BrN3O2/c1-2-3-11-8-13(18-17-11)16-14(19)9-20-12-6-4-10(15)5-7-12/h4-8H,2-3,9H2,1H3,(H2,16,17,18,19). The molecule has 1 heterocycles. The van der Waals surface area contributed by atoms with Crippen LogP contribution in [0.3, 0.4) is 0 Å². The van der Waals surface area contributed by atoms with Crippen LogP contribution >= 0.6 is 15.9 Å². The fourth-order valence-corrected chi connectivity index (χ4v) is 1.95. The molecule has 0 aliphatic carbocycles. The Morgan fingerprint density at radius 1 is 1.40 bits per heavy atom. The normalized spacial score (nSPS) is 10.3. The maximum Gasteiger partial charge on any atom is 0.263 e. The molecule has 0 atom stereocenters. The number of benzene rings is 1. The highest BCUT2D eigenvalue weighted by atomic mass is 79.9. The predicted molar refractivity (Wildman–Crippen MR) is 80.8 cm³/mol. The predicted octanol–water partition coefficient (Wildman–Crippen LogP) is 3.14. The highest BCUT2D eigenvalue weighted by molar-refractivity contribution is 9.10. The maximum absolute atomic E-state index is 11.7. The van der Waals surface area contributed by atoms with Crippen molar-refractivity contribution in [3.8, 4) is 5.75 Å². The Hall–Kier alpha value is -1.82. The topological polar surface area (TPSA) is 67.0 Å². The first kappa shape index (κ1) is 14.6. The quantitative estimate of drug-likeness (QED) is 0.850. The summed E-state index contributed by atoms with van der Waals surface area (Å²) in [7, 11) is 0. The summed E-state index contributed by atoms with van der Waals surface area (Å²) in [6.45, 7) is 2.04. The minimum absolute atomic E-state index is 0.0440. The van der Waals surface area contributed by atoms with Gasteiger partial charge in [0.2, 0.25) is 0 Å². The lowest BCUT2D eigenvalue weighted by Gasteiger charge is -2.05. The number of nitrogens with zero attached hydrogens (tertiary/aromatic N) is 1. The molecule has 0 fully saturated rings. The third-order valence-electron chi connectivity index (χ3n) is 2.60. The van der Waals surface area contributed by atoms with E-state index in [1.807, 2.05) is 18.2 Å². The molecule has 0 unspecified atom stereocenters. The van der Waals surface area contributed by atoms with Crippen molar-refractivity contribution < 1.29 is 9.53 Å². The van der Waals surface area contributed by atoms with Crippen LogP contribution in [0.5, 0.6) is 5.75 Å². The van der Waals surface area contributed by atoms with Crippen molar-refractivity contribution in [3.63, 3.8) is 0 Å². The van der Waals surface area contributed by atoms with Crippen molar-refractivity contribution in [1.29, 1.82) is 0 Å². The molecule has 106 valence electrons. The number of aryl methyl sites for hydroxylation is 1. The zero-order valence-electron chi connectivity index (χ0n) is 11.1. The van der Waals surface area contributed by atoms with Crippen LogP contribution in [0.1, 0.15) is 19.0 Å². The van der Waals surface area contributed by atoms with Gasteiger partial charge in [-0.3, -0.25) is 9.89 Å². The Kier molecular flexibility index (Phi) is 5.17. The summed E-state index contributed by atoms with van der Waals surface area (Å²) < 4.78 is 6.35. The van der Waals surface area contributed by atoms with E-state index in [1.54, 1.807) is 12.1 Å². The number of hydrogen-bond donors (Lipinski definition) is 2. The van der Waals surface area contributed by atoms with Crippen molar-refractivity contribution in [2.24, 2.45) is 0 Å². The number of nitrogens with one attached hydrogen (secondary N) is 2. The van der Waals surface area contributed by atoms with Gasteiger partial charge in [-0.2, -0.15) is 5.10 Å². The number of H-pyrrole nitrogens is 1. The van der Waals surface area contributed by atoms with E-state index in [0.717, 1.165) is 23.0 Å². The summed E-state index contributed by atoms with van der Waals surface area (Å²) in [5, 5.41) is 9.59. The van der Waals surface area contributed by atoms with E-state index in [9.17, 15) is 4.79 Å². The molecule has 0 saturated carbocycles. The fourth-order valence-electron chi connectivity index (χ4n) is 1.68. The third-order valence-corrected chi connectivity index (χ3v) is 3.13. The van der Waals surface area contributed by atoms with Crippen LogP contribution in [0.4, 0.5) is 5.82 Å². The number of aromatic amines is 1. The zero-order chi connectivity index (χ0) is 14.4. The highest BCUT2D eigenvalue weighted by Gasteiger charge is 2.06. The average Bonchev–Trinajstić information content (AvgIpc) is 2.86. The molecular weight excluding hydrogens is 322 g/mol. The van der Waals surface area contributed by atoms with Gasteiger partial charge in [-0.25, -0.2) is 0 Å². The van der Waals surface area contributed by atoms with E-state index >= 15 is 0 Å². The summed E-state index contributed by atoms with van der Waals surface area (Å²) in [5.74, 6) is 0.942. The van der Waals surface area contributed by atoms with Crippen LogP contribution in [0.15, 0.2) is 34.8 Å². The molecule has 1 aromatic carbocycles. The molecule has 1 amide bonds. The Balaban J connectivity index is 1.81. The lowest BCUT2D eigenvalue weighted by Crippen LogP contribution is -2.20. The van der Waals surface area contributed by atoms with Gasteiger partial charge in [0.15, 0.2) is 12.4 Å². The first-order chi connectivity index (χ1) is 9.67. The Bertz CT molecular complexity index is 566. The maximum atomic E-state index is 11.7. The largest absolute Gasteiger partial charge is 0.484 e. The molecule has 0 aliphatic heterocycles. The molecule has 1 aromatic heterocycles. The number of carbonyl (C=O) groups excluding carboxylic acids is 1. The second kappa shape index (κ2) is 7.09. The van der Waals surface area contributed by atoms with E-state index in [1.165, 1.54) is 0 Å². The Morgan fingerprint density at radius 3 is 2.85 bits per heavy atom. The summed E-state index contributed by atoms with van der Waals surface area (Å²) in [6, 6.07) is 9.15. The SMILES string of the molecule is CCCc1cc(NC(=O)COc2ccc(Br)cc2)n[nH]1. The van der Waals surface area contributed by atoms with Gasteiger partial charge in [0.25, 0.3) is 5.91 Å². The van der Waals surface area contributed by atoms with Crippen molar-refractivity contribution in [2.75, 3.05) is 11.9 Å². The number of carbonyl (C=O) groups is 1. The summed E-state index contributed by atoms with van der Waals surface area (Å²) in [6.07, 6.45) is 1.94. The van der Waals surface area contributed by atoms with Crippen LogP contribution in [0.2, 0.25) is 0 Å². The van der Waals surface area contributed by atoms with Gasteiger partial charge < -0.3 is 10.1 Å². The Morgan fingerprint density at radius 2 is 2.15 bits per heavy atom. The fraction of sp³-hybridized carbons (Fsp3) is 0.286. The molecular formula is C14H16BrN3O2. The monoisotopic (exact) mass is 337 g/mol. The van der Waals surface area contributed by atoms with Crippen LogP contribution in [-0.4, -0.2) is 22.7 Å². The number of amides is 1. The van der Waals surface area contributed by atoms with E-state index in [4.69, 9.17) is 4.74 Å². The summed E-state index contributed by atoms with van der Waals surface area (Å²) >= 11 is 3.34. The smallest absolute Gasteiger partial charge is 0.263 e. The number of aromatic nitrogens is 2. The first-order valence-corrected chi connectivity index (χ1v) is 7.19. The van der Waals surface area contributed by atoms with Gasteiger partial charge in [-0.1, -0.05) is 29.3 Å². The van der Waals surface area contributed by atoms with Gasteiger partial charge in [0.1, 0.15) is 5.75 Å². The van der Waals surface area contributed by atoms with E-state index < -0.39 is 0 Å². The first-order valence-electron chi connectivity index (χ1n) is 6.40. The molecule has 2 rings (SSSR count). The van der Waals surface area contributed by atoms with Crippen molar-refractivity contribution in [3.05, 3.63) is 40.5 Å². The molecule has 20 heavy (non-hydrogen) atoms. The van der Waals surface area contributed by atoms with Crippen LogP contribution < -0.4 is 10.1 Å². The summed E-state index contributed by atoms with van der Waals surface area (Å²) in [5.41, 5.74) is 1.01. The molecule has 0 spiro atoms. The minimum Gasteiger partial charge on any atom is -0.484 e.